The summed E-state index contributed by atoms with van der Waals surface area (Å²) in [5, 5.41) is 0. The summed E-state index contributed by atoms with van der Waals surface area (Å²) in [4.78, 5) is 40.6. The zero-order chi connectivity index (χ0) is 39.6. The maximum atomic E-state index is 13.0. The summed E-state index contributed by atoms with van der Waals surface area (Å²) in [6.45, 7) is 6.09. The molecule has 0 N–H and O–H groups in total. The zero-order valence-electron chi connectivity index (χ0n) is 35.2. The summed E-state index contributed by atoms with van der Waals surface area (Å²) in [6, 6.07) is 0. The zero-order valence-corrected chi connectivity index (χ0v) is 35.2. The first kappa shape index (κ1) is 48.4. The maximum absolute atomic E-state index is 13.0. The van der Waals surface area contributed by atoms with Crippen LogP contribution in [0.25, 0.3) is 0 Å². The number of esters is 3. The van der Waals surface area contributed by atoms with Gasteiger partial charge in [0, 0.05) is 19.4 Å². The fourth-order valence-corrected chi connectivity index (χ4v) is 7.05. The lowest BCUT2D eigenvalue weighted by atomic mass is 10.1. The first-order valence-corrected chi connectivity index (χ1v) is 22.4. The van der Waals surface area contributed by atoms with Crippen LogP contribution in [0.1, 0.15) is 174 Å². The van der Waals surface area contributed by atoms with Gasteiger partial charge in [0.25, 0.3) is 0 Å². The molecule has 0 bridgehead atoms. The third kappa shape index (κ3) is 25.2. The van der Waals surface area contributed by atoms with Gasteiger partial charge in [0.2, 0.25) is 0 Å². The lowest BCUT2D eigenvalue weighted by Crippen LogP contribution is -2.40. The number of unbranched alkanes of at least 4 members (excludes halogenated alkanes) is 16. The van der Waals surface area contributed by atoms with Gasteiger partial charge in [0.15, 0.2) is 12.2 Å². The molecule has 0 aromatic carbocycles. The minimum absolute atomic E-state index is 0.0281. The predicted octanol–water partition coefficient (Wildman–Crippen LogP) is 11.3. The highest BCUT2D eigenvalue weighted by Crippen LogP contribution is 2.25. The molecule has 0 amide bonds. The number of allylic oxidation sites excluding steroid dienone is 8. The van der Waals surface area contributed by atoms with Crippen LogP contribution in [0.4, 0.5) is 0 Å². The van der Waals surface area contributed by atoms with Crippen molar-refractivity contribution in [3.63, 3.8) is 0 Å². The van der Waals surface area contributed by atoms with Crippen molar-refractivity contribution >= 4 is 17.9 Å². The van der Waals surface area contributed by atoms with Gasteiger partial charge in [0.05, 0.1) is 12.5 Å². The highest BCUT2D eigenvalue weighted by molar-refractivity contribution is 5.73. The highest BCUT2D eigenvalue weighted by atomic mass is 16.6. The molecule has 8 nitrogen and oxygen atoms in total. The van der Waals surface area contributed by atoms with Crippen LogP contribution in [0.5, 0.6) is 0 Å². The van der Waals surface area contributed by atoms with Crippen LogP contribution in [-0.2, 0) is 33.3 Å². The van der Waals surface area contributed by atoms with Crippen molar-refractivity contribution in [2.45, 2.75) is 193 Å². The van der Waals surface area contributed by atoms with Gasteiger partial charge < -0.3 is 23.8 Å². The van der Waals surface area contributed by atoms with Crippen molar-refractivity contribution in [2.75, 3.05) is 33.4 Å². The first-order chi connectivity index (χ1) is 26.9. The average molecular weight is 770 g/mol. The molecular formula is C47H79NO7. The molecule has 0 aromatic rings. The molecule has 0 saturated carbocycles. The molecule has 0 radical (unpaired) electrons. The number of carbonyl (C=O) groups excluding carboxylic acids is 3. The second-order valence-corrected chi connectivity index (χ2v) is 15.7. The van der Waals surface area contributed by atoms with Crippen LogP contribution in [0.2, 0.25) is 0 Å². The molecule has 2 saturated heterocycles. The second kappa shape index (κ2) is 33.4. The maximum Gasteiger partial charge on any atom is 0.310 e. The summed E-state index contributed by atoms with van der Waals surface area (Å²) in [5.74, 6) is -1.06. The largest absolute Gasteiger partial charge is 0.463 e. The SMILES string of the molecule is CCCCC/C=C\C/C=C\CCCCCCCC(=O)OC1CO[C@H](COC(=O)C2CCN(C)C2)[C@@H]1OC(=O)CCCCCCC/C=C\C/C=C\CCCCC. The molecule has 2 heterocycles. The fourth-order valence-electron chi connectivity index (χ4n) is 7.05. The molecule has 0 aromatic heterocycles. The Bertz CT molecular complexity index is 1110. The number of hydrogen-bond donors (Lipinski definition) is 0. The standard InChI is InChI=1S/C47H79NO7/c1-4-6-8-10-12-14-16-18-20-22-24-26-28-30-32-34-44(49)54-43-40-52-42(39-53-47(51)41-36-37-48(3)38-41)46(43)55-45(50)35-33-31-29-27-25-23-21-19-17-15-13-11-9-7-5-2/h12-15,18-21,41-43,46H,4-11,16-17,22-40H2,1-3H3/b14-12-,15-13-,20-18-,21-19-/t41?,42-,43?,46+/m1/s1. The minimum atomic E-state index is -0.793. The molecule has 8 heteroatoms. The summed E-state index contributed by atoms with van der Waals surface area (Å²) in [6.07, 6.45) is 41.9. The summed E-state index contributed by atoms with van der Waals surface area (Å²) >= 11 is 0. The Morgan fingerprint density at radius 1 is 0.618 bits per heavy atom. The molecule has 4 atom stereocenters. The summed E-state index contributed by atoms with van der Waals surface area (Å²) in [7, 11) is 1.99. The van der Waals surface area contributed by atoms with E-state index >= 15 is 0 Å². The molecule has 314 valence electrons. The third-order valence-electron chi connectivity index (χ3n) is 10.5. The Morgan fingerprint density at radius 3 is 1.58 bits per heavy atom. The molecule has 2 aliphatic heterocycles. The monoisotopic (exact) mass is 770 g/mol. The van der Waals surface area contributed by atoms with Gasteiger partial charge in [-0.3, -0.25) is 14.4 Å². The number of nitrogens with zero attached hydrogens (tertiary/aromatic N) is 1. The van der Waals surface area contributed by atoms with Gasteiger partial charge in [0.1, 0.15) is 12.7 Å². The van der Waals surface area contributed by atoms with E-state index in [1.54, 1.807) is 0 Å². The van der Waals surface area contributed by atoms with E-state index in [2.05, 4.69) is 67.4 Å². The Balaban J connectivity index is 1.66. The van der Waals surface area contributed by atoms with Crippen molar-refractivity contribution in [3.8, 4) is 0 Å². The van der Waals surface area contributed by atoms with Crippen molar-refractivity contribution in [3.05, 3.63) is 48.6 Å². The number of ether oxygens (including phenoxy) is 4. The lowest BCUT2D eigenvalue weighted by Gasteiger charge is -2.23. The molecule has 2 fully saturated rings. The summed E-state index contributed by atoms with van der Waals surface area (Å²) in [5.41, 5.74) is 0. The highest BCUT2D eigenvalue weighted by Gasteiger charge is 2.44. The van der Waals surface area contributed by atoms with Crippen LogP contribution in [0, 0.1) is 5.92 Å². The van der Waals surface area contributed by atoms with Crippen LogP contribution < -0.4 is 0 Å². The van der Waals surface area contributed by atoms with Gasteiger partial charge in [-0.1, -0.05) is 127 Å². The van der Waals surface area contributed by atoms with Crippen molar-refractivity contribution in [2.24, 2.45) is 5.92 Å². The number of likely N-dealkylation sites (tertiary alicyclic amines) is 1. The molecule has 2 rings (SSSR count). The van der Waals surface area contributed by atoms with Crippen LogP contribution >= 0.6 is 0 Å². The Labute approximate surface area is 335 Å². The number of carbonyl (C=O) groups is 3. The molecule has 0 spiro atoms. The van der Waals surface area contributed by atoms with E-state index in [9.17, 15) is 14.4 Å². The Morgan fingerprint density at radius 2 is 1.09 bits per heavy atom. The van der Waals surface area contributed by atoms with Gasteiger partial charge >= 0.3 is 17.9 Å². The molecule has 0 aliphatic carbocycles. The number of rotatable bonds is 33. The molecule has 2 unspecified atom stereocenters. The third-order valence-corrected chi connectivity index (χ3v) is 10.5. The molecule has 55 heavy (non-hydrogen) atoms. The van der Waals surface area contributed by atoms with Gasteiger partial charge in [-0.05, 0) is 97.1 Å². The Hall–Kier alpha value is -2.71. The first-order valence-electron chi connectivity index (χ1n) is 22.4. The predicted molar refractivity (Wildman–Crippen MR) is 225 cm³/mol. The van der Waals surface area contributed by atoms with Gasteiger partial charge in [-0.2, -0.15) is 0 Å². The van der Waals surface area contributed by atoms with E-state index in [0.717, 1.165) is 103 Å². The lowest BCUT2D eigenvalue weighted by molar-refractivity contribution is -0.168. The van der Waals surface area contributed by atoms with E-state index in [-0.39, 0.29) is 37.0 Å². The topological polar surface area (TPSA) is 91.4 Å². The molecular weight excluding hydrogens is 691 g/mol. The van der Waals surface area contributed by atoms with E-state index in [0.29, 0.717) is 19.4 Å². The van der Waals surface area contributed by atoms with Crippen LogP contribution in [0.15, 0.2) is 48.6 Å². The Kier molecular flexibility index (Phi) is 29.4. The van der Waals surface area contributed by atoms with E-state index in [4.69, 9.17) is 18.9 Å². The quantitative estimate of drug-likeness (QED) is 0.0282. The molecule has 2 aliphatic rings. The van der Waals surface area contributed by atoms with Crippen LogP contribution in [0.3, 0.4) is 0 Å². The number of hydrogen-bond acceptors (Lipinski definition) is 8. The van der Waals surface area contributed by atoms with Crippen molar-refractivity contribution in [1.29, 1.82) is 0 Å². The average Bonchev–Trinajstić information content (AvgIpc) is 3.78. The van der Waals surface area contributed by atoms with E-state index in [1.807, 2.05) is 7.05 Å². The van der Waals surface area contributed by atoms with Crippen molar-refractivity contribution in [1.82, 2.24) is 4.90 Å². The minimum Gasteiger partial charge on any atom is -0.463 e. The van der Waals surface area contributed by atoms with Gasteiger partial charge in [-0.15, -0.1) is 0 Å². The second-order valence-electron chi connectivity index (χ2n) is 15.7. The normalized spacial score (nSPS) is 20.5. The van der Waals surface area contributed by atoms with E-state index in [1.165, 1.54) is 51.4 Å². The summed E-state index contributed by atoms with van der Waals surface area (Å²) < 4.78 is 23.3. The van der Waals surface area contributed by atoms with Gasteiger partial charge in [-0.25, -0.2) is 0 Å². The van der Waals surface area contributed by atoms with E-state index < -0.39 is 18.3 Å². The fraction of sp³-hybridized carbons (Fsp3) is 0.766. The van der Waals surface area contributed by atoms with Crippen LogP contribution in [-0.4, -0.2) is 74.5 Å². The smallest absolute Gasteiger partial charge is 0.310 e. The van der Waals surface area contributed by atoms with Crippen molar-refractivity contribution < 1.29 is 33.3 Å².